The largest absolute Gasteiger partial charge is 0.450 e. The lowest BCUT2D eigenvalue weighted by Crippen LogP contribution is -2.21. The number of cyclic esters (lactones) is 1. The molecule has 5 heteroatoms. The van der Waals surface area contributed by atoms with Crippen LogP contribution in [-0.2, 0) is 9.53 Å². The standard InChI is InChI=1S/C11H10BrNO3/c12-9-8(6-13)16-11(14)10(9)15-7-4-2-1-3-5-7/h1-5,8H,6,13H2/t8-/m0/s1. The summed E-state index contributed by atoms with van der Waals surface area (Å²) in [7, 11) is 0. The first kappa shape index (κ1) is 11.2. The summed E-state index contributed by atoms with van der Waals surface area (Å²) in [6, 6.07) is 9.04. The minimum Gasteiger partial charge on any atom is -0.450 e. The maximum Gasteiger partial charge on any atom is 0.375 e. The van der Waals surface area contributed by atoms with Gasteiger partial charge in [-0.3, -0.25) is 0 Å². The number of ether oxygens (including phenoxy) is 2. The topological polar surface area (TPSA) is 61.5 Å². The molecule has 0 amide bonds. The normalized spacial score (nSPS) is 19.9. The van der Waals surface area contributed by atoms with Gasteiger partial charge in [-0.15, -0.1) is 0 Å². The fourth-order valence-corrected chi connectivity index (χ4v) is 1.85. The number of para-hydroxylation sites is 1. The van der Waals surface area contributed by atoms with Gasteiger partial charge in [0.1, 0.15) is 11.9 Å². The number of halogens is 1. The number of hydrogen-bond donors (Lipinski definition) is 1. The second-order valence-corrected chi connectivity index (χ2v) is 4.08. The van der Waals surface area contributed by atoms with Crippen molar-refractivity contribution in [2.45, 2.75) is 6.10 Å². The van der Waals surface area contributed by atoms with Crippen molar-refractivity contribution in [3.63, 3.8) is 0 Å². The van der Waals surface area contributed by atoms with E-state index in [0.717, 1.165) is 0 Å². The van der Waals surface area contributed by atoms with E-state index in [9.17, 15) is 4.79 Å². The van der Waals surface area contributed by atoms with Crippen molar-refractivity contribution in [3.8, 4) is 5.75 Å². The van der Waals surface area contributed by atoms with E-state index in [4.69, 9.17) is 15.2 Å². The summed E-state index contributed by atoms with van der Waals surface area (Å²) in [6.45, 7) is 0.230. The first-order chi connectivity index (χ1) is 7.72. The molecule has 2 rings (SSSR count). The molecule has 0 bridgehead atoms. The third kappa shape index (κ3) is 2.10. The highest BCUT2D eigenvalue weighted by Crippen LogP contribution is 2.29. The summed E-state index contributed by atoms with van der Waals surface area (Å²) in [5, 5.41) is 0. The molecule has 84 valence electrons. The average molecular weight is 284 g/mol. The number of benzene rings is 1. The molecule has 1 aliphatic heterocycles. The molecule has 0 saturated heterocycles. The Bertz CT molecular complexity index is 430. The van der Waals surface area contributed by atoms with Crippen LogP contribution in [0.15, 0.2) is 40.6 Å². The van der Waals surface area contributed by atoms with Crippen LogP contribution in [0.25, 0.3) is 0 Å². The lowest BCUT2D eigenvalue weighted by molar-refractivity contribution is -0.141. The first-order valence-electron chi connectivity index (χ1n) is 4.76. The molecular formula is C11H10BrNO3. The monoisotopic (exact) mass is 283 g/mol. The number of nitrogens with two attached hydrogens (primary N) is 1. The Morgan fingerprint density at radius 2 is 2.06 bits per heavy atom. The maximum atomic E-state index is 11.5. The molecule has 0 unspecified atom stereocenters. The van der Waals surface area contributed by atoms with Crippen LogP contribution in [0.5, 0.6) is 5.75 Å². The fraction of sp³-hybridized carbons (Fsp3) is 0.182. The molecule has 1 aliphatic rings. The molecule has 0 aliphatic carbocycles. The average Bonchev–Trinajstić information content (AvgIpc) is 2.58. The molecular weight excluding hydrogens is 274 g/mol. The minimum absolute atomic E-state index is 0.168. The van der Waals surface area contributed by atoms with Gasteiger partial charge in [0, 0.05) is 6.54 Å². The van der Waals surface area contributed by atoms with E-state index >= 15 is 0 Å². The molecule has 16 heavy (non-hydrogen) atoms. The van der Waals surface area contributed by atoms with Gasteiger partial charge >= 0.3 is 5.97 Å². The van der Waals surface area contributed by atoms with Gasteiger partial charge in [-0.05, 0) is 28.1 Å². The Hall–Kier alpha value is -1.33. The Morgan fingerprint density at radius 3 is 2.62 bits per heavy atom. The van der Waals surface area contributed by atoms with Gasteiger partial charge in [-0.25, -0.2) is 4.79 Å². The molecule has 0 fully saturated rings. The van der Waals surface area contributed by atoms with Crippen molar-refractivity contribution in [1.82, 2.24) is 0 Å². The SMILES string of the molecule is NC[C@@H]1OC(=O)C(Oc2ccccc2)=C1Br. The summed E-state index contributed by atoms with van der Waals surface area (Å²) in [5.41, 5.74) is 5.45. The molecule has 4 nitrogen and oxygen atoms in total. The van der Waals surface area contributed by atoms with Gasteiger partial charge in [0.05, 0.1) is 4.48 Å². The van der Waals surface area contributed by atoms with Crippen LogP contribution in [0.4, 0.5) is 0 Å². The van der Waals surface area contributed by atoms with Gasteiger partial charge in [0.25, 0.3) is 0 Å². The van der Waals surface area contributed by atoms with Crippen LogP contribution in [0.3, 0.4) is 0 Å². The second-order valence-electron chi connectivity index (χ2n) is 3.22. The summed E-state index contributed by atoms with van der Waals surface area (Å²) in [4.78, 5) is 11.5. The lowest BCUT2D eigenvalue weighted by Gasteiger charge is -2.04. The molecule has 1 aromatic carbocycles. The van der Waals surface area contributed by atoms with Crippen molar-refractivity contribution in [2.75, 3.05) is 6.54 Å². The van der Waals surface area contributed by atoms with Crippen molar-refractivity contribution in [2.24, 2.45) is 5.73 Å². The second kappa shape index (κ2) is 4.67. The summed E-state index contributed by atoms with van der Waals surface area (Å²) >= 11 is 3.26. The highest BCUT2D eigenvalue weighted by molar-refractivity contribution is 9.11. The summed E-state index contributed by atoms with van der Waals surface area (Å²) in [6.07, 6.45) is -0.439. The quantitative estimate of drug-likeness (QED) is 0.856. The Labute approximate surface area is 101 Å². The molecule has 0 aromatic heterocycles. The van der Waals surface area contributed by atoms with E-state index in [1.807, 2.05) is 18.2 Å². The van der Waals surface area contributed by atoms with Crippen molar-refractivity contribution in [3.05, 3.63) is 40.6 Å². The number of carbonyl (C=O) groups is 1. The van der Waals surface area contributed by atoms with Crippen LogP contribution < -0.4 is 10.5 Å². The first-order valence-corrected chi connectivity index (χ1v) is 5.55. The zero-order chi connectivity index (χ0) is 11.5. The van der Waals surface area contributed by atoms with Crippen molar-refractivity contribution in [1.29, 1.82) is 0 Å². The van der Waals surface area contributed by atoms with Crippen LogP contribution in [-0.4, -0.2) is 18.6 Å². The molecule has 1 heterocycles. The molecule has 2 N–H and O–H groups in total. The fourth-order valence-electron chi connectivity index (χ4n) is 1.33. The van der Waals surface area contributed by atoms with E-state index in [-0.39, 0.29) is 12.3 Å². The number of rotatable bonds is 3. The van der Waals surface area contributed by atoms with Crippen LogP contribution in [0.2, 0.25) is 0 Å². The molecule has 0 radical (unpaired) electrons. The van der Waals surface area contributed by atoms with E-state index in [1.165, 1.54) is 0 Å². The predicted octanol–water partition coefficient (Wildman–Crippen LogP) is 1.56. The third-order valence-electron chi connectivity index (χ3n) is 2.11. The van der Waals surface area contributed by atoms with Crippen LogP contribution in [0.1, 0.15) is 0 Å². The van der Waals surface area contributed by atoms with E-state index in [1.54, 1.807) is 12.1 Å². The van der Waals surface area contributed by atoms with Gasteiger partial charge < -0.3 is 15.2 Å². The Morgan fingerprint density at radius 1 is 1.38 bits per heavy atom. The van der Waals surface area contributed by atoms with E-state index < -0.39 is 12.1 Å². The van der Waals surface area contributed by atoms with Gasteiger partial charge in [0.2, 0.25) is 5.76 Å². The predicted molar refractivity (Wildman–Crippen MR) is 62.0 cm³/mol. The zero-order valence-corrected chi connectivity index (χ0v) is 9.94. The van der Waals surface area contributed by atoms with Gasteiger partial charge in [0.15, 0.2) is 0 Å². The third-order valence-corrected chi connectivity index (χ3v) is 2.98. The maximum absolute atomic E-state index is 11.5. The number of carbonyl (C=O) groups excluding carboxylic acids is 1. The van der Waals surface area contributed by atoms with E-state index in [2.05, 4.69) is 15.9 Å². The molecule has 1 atom stereocenters. The lowest BCUT2D eigenvalue weighted by atomic mass is 10.3. The minimum atomic E-state index is -0.494. The Balaban J connectivity index is 2.21. The van der Waals surface area contributed by atoms with E-state index in [0.29, 0.717) is 10.2 Å². The highest BCUT2D eigenvalue weighted by atomic mass is 79.9. The number of esters is 1. The van der Waals surface area contributed by atoms with Gasteiger partial charge in [-0.1, -0.05) is 18.2 Å². The van der Waals surface area contributed by atoms with Crippen LogP contribution in [0, 0.1) is 0 Å². The smallest absolute Gasteiger partial charge is 0.375 e. The van der Waals surface area contributed by atoms with Gasteiger partial charge in [-0.2, -0.15) is 0 Å². The summed E-state index contributed by atoms with van der Waals surface area (Å²) in [5.74, 6) is 0.261. The molecule has 0 saturated carbocycles. The molecule has 0 spiro atoms. The van der Waals surface area contributed by atoms with Crippen molar-refractivity contribution >= 4 is 21.9 Å². The van der Waals surface area contributed by atoms with Crippen molar-refractivity contribution < 1.29 is 14.3 Å². The number of hydrogen-bond acceptors (Lipinski definition) is 4. The zero-order valence-electron chi connectivity index (χ0n) is 8.35. The Kier molecular flexibility index (Phi) is 3.26. The highest BCUT2D eigenvalue weighted by Gasteiger charge is 2.33. The van der Waals surface area contributed by atoms with Crippen LogP contribution >= 0.6 is 15.9 Å². The molecule has 1 aromatic rings. The summed E-state index contributed by atoms with van der Waals surface area (Å²) < 4.78 is 11.0.